The van der Waals surface area contributed by atoms with Crippen LogP contribution in [-0.2, 0) is 11.3 Å². The maximum Gasteiger partial charge on any atom is 0.278 e. The second-order valence-electron chi connectivity index (χ2n) is 6.04. The molecule has 0 saturated heterocycles. The topological polar surface area (TPSA) is 76.9 Å². The van der Waals surface area contributed by atoms with Gasteiger partial charge in [0.05, 0.1) is 16.5 Å². The highest BCUT2D eigenvalue weighted by molar-refractivity contribution is 6.38. The van der Waals surface area contributed by atoms with E-state index in [4.69, 9.17) is 23.2 Å². The van der Waals surface area contributed by atoms with Crippen LogP contribution in [0.4, 0.5) is 0 Å². The number of fused-ring (bicyclic) bond motifs is 1. The van der Waals surface area contributed by atoms with Crippen LogP contribution in [0.25, 0.3) is 10.9 Å². The van der Waals surface area contributed by atoms with Crippen molar-refractivity contribution >= 4 is 40.0 Å². The fourth-order valence-electron chi connectivity index (χ4n) is 2.57. The molecule has 2 aromatic carbocycles. The first-order chi connectivity index (χ1) is 12.3. The predicted molar refractivity (Wildman–Crippen MR) is 102 cm³/mol. The van der Waals surface area contributed by atoms with Crippen LogP contribution in [-0.4, -0.2) is 20.9 Å². The molecule has 1 N–H and O–H groups in total. The van der Waals surface area contributed by atoms with Gasteiger partial charge in [-0.15, -0.1) is 5.10 Å². The molecule has 3 rings (SSSR count). The number of aromatic nitrogens is 3. The number of nitrogens with zero attached hydrogens (tertiary/aromatic N) is 3. The molecule has 0 aliphatic carbocycles. The summed E-state index contributed by atoms with van der Waals surface area (Å²) in [5.41, 5.74) is 1.89. The molecule has 0 spiro atoms. The normalized spacial score (nSPS) is 12.2. The third kappa shape index (κ3) is 3.86. The smallest absolute Gasteiger partial charge is 0.278 e. The molecule has 0 saturated carbocycles. The van der Waals surface area contributed by atoms with Gasteiger partial charge >= 0.3 is 0 Å². The molecule has 1 atom stereocenters. The maximum atomic E-state index is 12.5. The number of carbonyl (C=O) groups excluding carboxylic acids is 1. The van der Waals surface area contributed by atoms with E-state index in [0.29, 0.717) is 5.02 Å². The number of amides is 1. The van der Waals surface area contributed by atoms with Gasteiger partial charge in [0.25, 0.3) is 5.56 Å². The zero-order chi connectivity index (χ0) is 18.8. The van der Waals surface area contributed by atoms with E-state index < -0.39 is 5.56 Å². The van der Waals surface area contributed by atoms with Gasteiger partial charge in [0.15, 0.2) is 0 Å². The van der Waals surface area contributed by atoms with Gasteiger partial charge in [-0.05, 0) is 31.5 Å². The predicted octanol–water partition coefficient (Wildman–Crippen LogP) is 3.28. The van der Waals surface area contributed by atoms with Gasteiger partial charge in [-0.2, -0.15) is 0 Å². The Bertz CT molecular complexity index is 1030. The van der Waals surface area contributed by atoms with Crippen molar-refractivity contribution in [3.05, 3.63) is 67.9 Å². The number of halogens is 2. The molecule has 8 heteroatoms. The maximum absolute atomic E-state index is 12.5. The Hall–Kier alpha value is -2.44. The number of rotatable bonds is 4. The lowest BCUT2D eigenvalue weighted by molar-refractivity contribution is -0.122. The molecule has 1 heterocycles. The van der Waals surface area contributed by atoms with Gasteiger partial charge in [0, 0.05) is 5.02 Å². The standard InChI is InChI=1S/C18H16Cl2N4O2/c1-10-3-5-12(6-4-10)11(2)21-16(25)9-24-18(26)14-7-13(19)8-15(20)17(14)22-23-24/h3-8,11H,9H2,1-2H3,(H,21,25)/t11-/m0/s1. The van der Waals surface area contributed by atoms with Crippen molar-refractivity contribution in [2.75, 3.05) is 0 Å². The van der Waals surface area contributed by atoms with Crippen molar-refractivity contribution < 1.29 is 4.79 Å². The Balaban J connectivity index is 1.80. The summed E-state index contributed by atoms with van der Waals surface area (Å²) < 4.78 is 0.992. The van der Waals surface area contributed by atoms with E-state index in [1.54, 1.807) is 0 Å². The van der Waals surface area contributed by atoms with Crippen LogP contribution in [0.15, 0.2) is 41.2 Å². The monoisotopic (exact) mass is 390 g/mol. The second kappa shape index (κ2) is 7.43. The SMILES string of the molecule is Cc1ccc([C@H](C)NC(=O)Cn2nnc3c(Cl)cc(Cl)cc3c2=O)cc1. The van der Waals surface area contributed by atoms with Gasteiger partial charge < -0.3 is 5.32 Å². The molecule has 0 radical (unpaired) electrons. The quantitative estimate of drug-likeness (QED) is 0.741. The molecule has 26 heavy (non-hydrogen) atoms. The first kappa shape index (κ1) is 18.4. The van der Waals surface area contributed by atoms with Gasteiger partial charge in [-0.3, -0.25) is 9.59 Å². The highest BCUT2D eigenvalue weighted by Crippen LogP contribution is 2.23. The van der Waals surface area contributed by atoms with Gasteiger partial charge in [0.1, 0.15) is 12.1 Å². The number of hydrogen-bond acceptors (Lipinski definition) is 4. The summed E-state index contributed by atoms with van der Waals surface area (Å²) in [6, 6.07) is 10.6. The first-order valence-electron chi connectivity index (χ1n) is 7.93. The number of hydrogen-bond donors (Lipinski definition) is 1. The largest absolute Gasteiger partial charge is 0.348 e. The summed E-state index contributed by atoms with van der Waals surface area (Å²) in [4.78, 5) is 24.8. The van der Waals surface area contributed by atoms with E-state index in [-0.39, 0.29) is 34.4 Å². The minimum absolute atomic E-state index is 0.198. The molecule has 0 bridgehead atoms. The molecular formula is C18H16Cl2N4O2. The molecule has 1 aromatic heterocycles. The Labute approximate surface area is 159 Å². The lowest BCUT2D eigenvalue weighted by Gasteiger charge is -2.15. The highest BCUT2D eigenvalue weighted by atomic mass is 35.5. The highest BCUT2D eigenvalue weighted by Gasteiger charge is 2.14. The molecular weight excluding hydrogens is 375 g/mol. The summed E-state index contributed by atoms with van der Waals surface area (Å²) in [6.45, 7) is 3.62. The molecule has 134 valence electrons. The van der Waals surface area contributed by atoms with Crippen LogP contribution >= 0.6 is 23.2 Å². The molecule has 0 fully saturated rings. The third-order valence-electron chi connectivity index (χ3n) is 3.99. The summed E-state index contributed by atoms with van der Waals surface area (Å²) in [7, 11) is 0. The summed E-state index contributed by atoms with van der Waals surface area (Å²) in [5.74, 6) is -0.345. The summed E-state index contributed by atoms with van der Waals surface area (Å²) >= 11 is 12.0. The van der Waals surface area contributed by atoms with Crippen molar-refractivity contribution in [1.82, 2.24) is 20.3 Å². The van der Waals surface area contributed by atoms with Crippen molar-refractivity contribution in [2.24, 2.45) is 0 Å². The molecule has 0 unspecified atom stereocenters. The second-order valence-corrected chi connectivity index (χ2v) is 6.88. The van der Waals surface area contributed by atoms with E-state index in [2.05, 4.69) is 15.6 Å². The fourth-order valence-corrected chi connectivity index (χ4v) is 3.11. The minimum atomic E-state index is -0.475. The lowest BCUT2D eigenvalue weighted by Crippen LogP contribution is -2.35. The van der Waals surface area contributed by atoms with Crippen molar-refractivity contribution in [3.8, 4) is 0 Å². The van der Waals surface area contributed by atoms with E-state index in [9.17, 15) is 9.59 Å². The third-order valence-corrected chi connectivity index (χ3v) is 4.50. The number of nitrogens with one attached hydrogen (secondary N) is 1. The number of carbonyl (C=O) groups is 1. The van der Waals surface area contributed by atoms with Crippen LogP contribution in [0.3, 0.4) is 0 Å². The van der Waals surface area contributed by atoms with Crippen LogP contribution in [0, 0.1) is 6.92 Å². The van der Waals surface area contributed by atoms with Crippen LogP contribution < -0.4 is 10.9 Å². The average molecular weight is 391 g/mol. The zero-order valence-corrected chi connectivity index (χ0v) is 15.7. The Morgan fingerprint density at radius 2 is 1.92 bits per heavy atom. The van der Waals surface area contributed by atoms with Crippen molar-refractivity contribution in [2.45, 2.75) is 26.4 Å². The van der Waals surface area contributed by atoms with Crippen LogP contribution in [0.1, 0.15) is 24.1 Å². The zero-order valence-electron chi connectivity index (χ0n) is 14.2. The number of benzene rings is 2. The molecule has 0 aliphatic rings. The summed E-state index contributed by atoms with van der Waals surface area (Å²) in [6.07, 6.45) is 0. The summed E-state index contributed by atoms with van der Waals surface area (Å²) in [5, 5.41) is 11.3. The first-order valence-corrected chi connectivity index (χ1v) is 8.69. The van der Waals surface area contributed by atoms with E-state index >= 15 is 0 Å². The number of aryl methyl sites for hydroxylation is 1. The Morgan fingerprint density at radius 3 is 2.62 bits per heavy atom. The average Bonchev–Trinajstić information content (AvgIpc) is 2.58. The van der Waals surface area contributed by atoms with Crippen molar-refractivity contribution in [3.63, 3.8) is 0 Å². The van der Waals surface area contributed by atoms with E-state index in [0.717, 1.165) is 15.8 Å². The minimum Gasteiger partial charge on any atom is -0.348 e. The fraction of sp³-hybridized carbons (Fsp3) is 0.222. The molecule has 0 aliphatic heterocycles. The lowest BCUT2D eigenvalue weighted by atomic mass is 10.1. The van der Waals surface area contributed by atoms with Gasteiger partial charge in [-0.25, -0.2) is 4.68 Å². The molecule has 1 amide bonds. The van der Waals surface area contributed by atoms with Crippen LogP contribution in [0.2, 0.25) is 10.0 Å². The van der Waals surface area contributed by atoms with Gasteiger partial charge in [0.2, 0.25) is 5.91 Å². The van der Waals surface area contributed by atoms with Crippen LogP contribution in [0.5, 0.6) is 0 Å². The Morgan fingerprint density at radius 1 is 1.23 bits per heavy atom. The van der Waals surface area contributed by atoms with E-state index in [1.807, 2.05) is 38.1 Å². The Kier molecular flexibility index (Phi) is 5.25. The molecule has 3 aromatic rings. The molecule has 6 nitrogen and oxygen atoms in total. The van der Waals surface area contributed by atoms with Crippen molar-refractivity contribution in [1.29, 1.82) is 0 Å². The van der Waals surface area contributed by atoms with E-state index in [1.165, 1.54) is 12.1 Å². The van der Waals surface area contributed by atoms with Gasteiger partial charge in [-0.1, -0.05) is 58.2 Å².